The van der Waals surface area contributed by atoms with Gasteiger partial charge in [-0.1, -0.05) is 41.5 Å². The molecule has 20 heavy (non-hydrogen) atoms. The maximum atomic E-state index is 3.78. The Labute approximate surface area is 126 Å². The molecule has 0 aromatic rings. The van der Waals surface area contributed by atoms with Gasteiger partial charge in [0.15, 0.2) is 0 Å². The summed E-state index contributed by atoms with van der Waals surface area (Å²) in [5.41, 5.74) is 0.466. The lowest BCUT2D eigenvalue weighted by molar-refractivity contribution is 0.0714. The molecule has 118 valence electrons. The minimum atomic E-state index is 0.466. The van der Waals surface area contributed by atoms with E-state index in [-0.39, 0.29) is 0 Å². The zero-order chi connectivity index (χ0) is 14.9. The molecule has 2 fully saturated rings. The van der Waals surface area contributed by atoms with Crippen LogP contribution in [0.3, 0.4) is 0 Å². The van der Waals surface area contributed by atoms with E-state index >= 15 is 0 Å². The zero-order valence-corrected chi connectivity index (χ0v) is 14.6. The molecule has 1 aliphatic carbocycles. The third-order valence-corrected chi connectivity index (χ3v) is 5.76. The van der Waals surface area contributed by atoms with E-state index in [1.54, 1.807) is 0 Å². The molecule has 0 amide bonds. The molecule has 2 aliphatic rings. The molecule has 0 bridgehead atoms. The molecule has 5 unspecified atom stereocenters. The van der Waals surface area contributed by atoms with Gasteiger partial charge in [0.1, 0.15) is 0 Å². The highest BCUT2D eigenvalue weighted by molar-refractivity contribution is 4.97. The van der Waals surface area contributed by atoms with Gasteiger partial charge in [0.05, 0.1) is 0 Å². The number of nitrogens with one attached hydrogen (secondary N) is 1. The maximum Gasteiger partial charge on any atom is 0.0275 e. The van der Waals surface area contributed by atoms with Crippen molar-refractivity contribution < 1.29 is 0 Å². The third-order valence-electron chi connectivity index (χ3n) is 5.76. The number of hydrogen-bond donors (Lipinski definition) is 1. The van der Waals surface area contributed by atoms with Crippen molar-refractivity contribution in [2.45, 2.75) is 72.9 Å². The van der Waals surface area contributed by atoms with Crippen molar-refractivity contribution >= 4 is 0 Å². The van der Waals surface area contributed by atoms with Crippen molar-refractivity contribution in [1.29, 1.82) is 0 Å². The second-order valence-corrected chi connectivity index (χ2v) is 8.56. The van der Waals surface area contributed by atoms with Gasteiger partial charge >= 0.3 is 0 Å². The maximum absolute atomic E-state index is 3.78. The Morgan fingerprint density at radius 2 is 1.85 bits per heavy atom. The van der Waals surface area contributed by atoms with Gasteiger partial charge in [0, 0.05) is 18.6 Å². The molecule has 0 spiro atoms. The van der Waals surface area contributed by atoms with Crippen LogP contribution < -0.4 is 5.32 Å². The molecule has 0 aromatic carbocycles. The van der Waals surface area contributed by atoms with E-state index in [1.807, 2.05) is 0 Å². The van der Waals surface area contributed by atoms with Crippen molar-refractivity contribution in [3.63, 3.8) is 0 Å². The number of hydrogen-bond acceptors (Lipinski definition) is 2. The molecule has 2 rings (SSSR count). The number of nitrogens with zero attached hydrogens (tertiary/aromatic N) is 1. The number of likely N-dealkylation sites (N-methyl/N-ethyl adjacent to an activating group) is 1. The summed E-state index contributed by atoms with van der Waals surface area (Å²) in [6.07, 6.45) is 4.16. The molecule has 1 N–H and O–H groups in total. The molecular formula is C18H36N2. The summed E-state index contributed by atoms with van der Waals surface area (Å²) in [6, 6.07) is 1.47. The molecule has 1 saturated heterocycles. The van der Waals surface area contributed by atoms with Crippen LogP contribution in [-0.4, -0.2) is 36.6 Å². The Morgan fingerprint density at radius 1 is 1.15 bits per heavy atom. The Kier molecular flexibility index (Phi) is 5.18. The SMILES string of the molecule is CCNC1CC(C)CC(C)C1N1CCC(C(C)(C)C)C1. The molecule has 1 saturated carbocycles. The largest absolute Gasteiger partial charge is 0.313 e. The Hall–Kier alpha value is -0.0800. The van der Waals surface area contributed by atoms with Crippen LogP contribution in [0.1, 0.15) is 60.8 Å². The highest BCUT2D eigenvalue weighted by atomic mass is 15.2. The van der Waals surface area contributed by atoms with Crippen LogP contribution in [0.25, 0.3) is 0 Å². The van der Waals surface area contributed by atoms with Crippen molar-refractivity contribution in [1.82, 2.24) is 10.2 Å². The molecule has 5 atom stereocenters. The fourth-order valence-electron chi connectivity index (χ4n) is 4.69. The van der Waals surface area contributed by atoms with Crippen LogP contribution in [0.2, 0.25) is 0 Å². The average molecular weight is 280 g/mol. The average Bonchev–Trinajstić information content (AvgIpc) is 2.77. The Balaban J connectivity index is 2.05. The first-order valence-electron chi connectivity index (χ1n) is 8.80. The van der Waals surface area contributed by atoms with Crippen molar-refractivity contribution in [2.75, 3.05) is 19.6 Å². The predicted octanol–water partition coefficient (Wildman–Crippen LogP) is 3.77. The fourth-order valence-corrected chi connectivity index (χ4v) is 4.69. The topological polar surface area (TPSA) is 15.3 Å². The van der Waals surface area contributed by atoms with E-state index in [9.17, 15) is 0 Å². The number of likely N-dealkylation sites (tertiary alicyclic amines) is 1. The summed E-state index contributed by atoms with van der Waals surface area (Å²) < 4.78 is 0. The summed E-state index contributed by atoms with van der Waals surface area (Å²) in [7, 11) is 0. The first-order valence-corrected chi connectivity index (χ1v) is 8.80. The smallest absolute Gasteiger partial charge is 0.0275 e. The van der Waals surface area contributed by atoms with Crippen LogP contribution in [0.5, 0.6) is 0 Å². The van der Waals surface area contributed by atoms with E-state index in [0.29, 0.717) is 11.5 Å². The van der Waals surface area contributed by atoms with Gasteiger partial charge in [-0.2, -0.15) is 0 Å². The second kappa shape index (κ2) is 6.36. The van der Waals surface area contributed by atoms with Gasteiger partial charge in [-0.3, -0.25) is 4.90 Å². The van der Waals surface area contributed by atoms with Crippen molar-refractivity contribution in [2.24, 2.45) is 23.2 Å². The first-order chi connectivity index (χ1) is 9.32. The molecule has 2 nitrogen and oxygen atoms in total. The van der Waals surface area contributed by atoms with Gasteiger partial charge in [-0.05, 0) is 55.5 Å². The van der Waals surface area contributed by atoms with Crippen LogP contribution in [0, 0.1) is 23.2 Å². The highest BCUT2D eigenvalue weighted by Gasteiger charge is 2.41. The lowest BCUT2D eigenvalue weighted by atomic mass is 9.75. The highest BCUT2D eigenvalue weighted by Crippen LogP contribution is 2.39. The lowest BCUT2D eigenvalue weighted by Crippen LogP contribution is -2.56. The van der Waals surface area contributed by atoms with E-state index in [0.717, 1.165) is 30.3 Å². The quantitative estimate of drug-likeness (QED) is 0.846. The van der Waals surface area contributed by atoms with E-state index in [1.165, 1.54) is 32.4 Å². The number of rotatable bonds is 3. The lowest BCUT2D eigenvalue weighted by Gasteiger charge is -2.45. The summed E-state index contributed by atoms with van der Waals surface area (Å²) >= 11 is 0. The molecule has 0 aromatic heterocycles. The van der Waals surface area contributed by atoms with E-state index < -0.39 is 0 Å². The standard InChI is InChI=1S/C18H36N2/c1-7-19-16-11-13(2)10-14(3)17(16)20-9-8-15(12-20)18(4,5)6/h13-17,19H,7-12H2,1-6H3. The normalized spacial score (nSPS) is 40.2. The fraction of sp³-hybridized carbons (Fsp3) is 1.00. The van der Waals surface area contributed by atoms with Crippen LogP contribution in [-0.2, 0) is 0 Å². The van der Waals surface area contributed by atoms with Crippen molar-refractivity contribution in [3.8, 4) is 0 Å². The third kappa shape index (κ3) is 3.57. The molecule has 2 heteroatoms. The summed E-state index contributed by atoms with van der Waals surface area (Å²) in [5.74, 6) is 2.59. The van der Waals surface area contributed by atoms with Gasteiger partial charge in [0.25, 0.3) is 0 Å². The van der Waals surface area contributed by atoms with Crippen LogP contribution in [0.4, 0.5) is 0 Å². The van der Waals surface area contributed by atoms with Crippen LogP contribution >= 0.6 is 0 Å². The Morgan fingerprint density at radius 3 is 2.40 bits per heavy atom. The minimum Gasteiger partial charge on any atom is -0.313 e. The summed E-state index contributed by atoms with van der Waals surface area (Å²) in [5, 5.41) is 3.78. The monoisotopic (exact) mass is 280 g/mol. The van der Waals surface area contributed by atoms with Crippen LogP contribution in [0.15, 0.2) is 0 Å². The first kappa shape index (κ1) is 16.3. The molecule has 1 aliphatic heterocycles. The molecule has 0 radical (unpaired) electrons. The summed E-state index contributed by atoms with van der Waals surface area (Å²) in [4.78, 5) is 2.82. The van der Waals surface area contributed by atoms with Gasteiger partial charge in [0.2, 0.25) is 0 Å². The van der Waals surface area contributed by atoms with Gasteiger partial charge in [-0.25, -0.2) is 0 Å². The van der Waals surface area contributed by atoms with Crippen molar-refractivity contribution in [3.05, 3.63) is 0 Å². The van der Waals surface area contributed by atoms with E-state index in [2.05, 4.69) is 51.8 Å². The molecule has 1 heterocycles. The van der Waals surface area contributed by atoms with Gasteiger partial charge < -0.3 is 5.32 Å². The Bertz CT molecular complexity index is 307. The summed E-state index contributed by atoms with van der Waals surface area (Å²) in [6.45, 7) is 18.1. The molecular weight excluding hydrogens is 244 g/mol. The minimum absolute atomic E-state index is 0.466. The predicted molar refractivity (Wildman–Crippen MR) is 87.9 cm³/mol. The zero-order valence-electron chi connectivity index (χ0n) is 14.6. The van der Waals surface area contributed by atoms with E-state index in [4.69, 9.17) is 0 Å². The second-order valence-electron chi connectivity index (χ2n) is 8.56. The van der Waals surface area contributed by atoms with Gasteiger partial charge in [-0.15, -0.1) is 0 Å².